The molecule has 134 valence electrons. The Morgan fingerprint density at radius 1 is 1.36 bits per heavy atom. The number of rotatable bonds is 4. The fourth-order valence-electron chi connectivity index (χ4n) is 3.25. The Morgan fingerprint density at radius 3 is 2.92 bits per heavy atom. The molecule has 25 heavy (non-hydrogen) atoms. The first kappa shape index (κ1) is 17.3. The van der Waals surface area contributed by atoms with E-state index in [1.165, 1.54) is 0 Å². The number of nitrogens with zero attached hydrogens (tertiary/aromatic N) is 3. The molecular formula is C19H27N5O. The van der Waals surface area contributed by atoms with E-state index in [0.717, 1.165) is 42.9 Å². The number of benzene rings is 1. The first-order valence-electron chi connectivity index (χ1n) is 8.96. The lowest BCUT2D eigenvalue weighted by atomic mass is 10.00. The number of piperidine rings is 1. The molecule has 1 aliphatic rings. The van der Waals surface area contributed by atoms with E-state index in [1.54, 1.807) is 6.20 Å². The molecular weight excluding hydrogens is 314 g/mol. The number of anilines is 2. The van der Waals surface area contributed by atoms with Crippen LogP contribution in [0.25, 0.3) is 0 Å². The number of H-pyrrole nitrogens is 1. The molecule has 0 saturated carbocycles. The molecule has 0 aliphatic carbocycles. The first-order chi connectivity index (χ1) is 12.1. The van der Waals surface area contributed by atoms with Crippen LogP contribution in [0.15, 0.2) is 36.5 Å². The third-order valence-corrected chi connectivity index (χ3v) is 4.92. The fourth-order valence-corrected chi connectivity index (χ4v) is 3.25. The average molecular weight is 341 g/mol. The first-order valence-corrected chi connectivity index (χ1v) is 8.96. The van der Waals surface area contributed by atoms with Gasteiger partial charge < -0.3 is 15.1 Å². The summed E-state index contributed by atoms with van der Waals surface area (Å²) >= 11 is 0. The Hall–Kier alpha value is -2.50. The lowest BCUT2D eigenvalue weighted by molar-refractivity contribution is 0.161. The standard InChI is InChI=1S/C19H27N5O/c1-14(2)23(3)16-8-6-7-15(13-16)21-19(25)24-12-5-4-9-18(24)17-10-11-20-22-17/h6-8,10-11,13-14,18H,4-5,9,12H2,1-3H3,(H,20,22)(H,21,25)/t18-/m0/s1. The number of hydrogen-bond acceptors (Lipinski definition) is 3. The van der Waals surface area contributed by atoms with Crippen molar-refractivity contribution in [3.05, 3.63) is 42.2 Å². The summed E-state index contributed by atoms with van der Waals surface area (Å²) in [5.41, 5.74) is 2.92. The average Bonchev–Trinajstić information content (AvgIpc) is 3.15. The van der Waals surface area contributed by atoms with Gasteiger partial charge in [-0.25, -0.2) is 4.79 Å². The molecule has 1 aromatic heterocycles. The highest BCUT2D eigenvalue weighted by molar-refractivity contribution is 5.90. The zero-order valence-electron chi connectivity index (χ0n) is 15.2. The lowest BCUT2D eigenvalue weighted by Crippen LogP contribution is -2.41. The Kier molecular flexibility index (Phi) is 5.26. The summed E-state index contributed by atoms with van der Waals surface area (Å²) in [4.78, 5) is 17.0. The number of urea groups is 1. The minimum absolute atomic E-state index is 0.0522. The molecule has 1 fully saturated rings. The number of nitrogens with one attached hydrogen (secondary N) is 2. The number of carbonyl (C=O) groups excluding carboxylic acids is 1. The third-order valence-electron chi connectivity index (χ3n) is 4.92. The van der Waals surface area contributed by atoms with Crippen molar-refractivity contribution in [2.75, 3.05) is 23.8 Å². The molecule has 0 unspecified atom stereocenters. The van der Waals surface area contributed by atoms with Gasteiger partial charge in [-0.05, 0) is 57.4 Å². The molecule has 6 nitrogen and oxygen atoms in total. The summed E-state index contributed by atoms with van der Waals surface area (Å²) in [6.45, 7) is 5.06. The second-order valence-corrected chi connectivity index (χ2v) is 6.90. The van der Waals surface area contributed by atoms with Crippen molar-refractivity contribution in [1.82, 2.24) is 15.1 Å². The van der Waals surface area contributed by atoms with E-state index >= 15 is 0 Å². The Morgan fingerprint density at radius 2 is 2.20 bits per heavy atom. The molecule has 0 radical (unpaired) electrons. The monoisotopic (exact) mass is 341 g/mol. The van der Waals surface area contributed by atoms with Gasteiger partial charge in [0.05, 0.1) is 11.7 Å². The van der Waals surface area contributed by atoms with Gasteiger partial charge in [0.2, 0.25) is 0 Å². The van der Waals surface area contributed by atoms with E-state index in [2.05, 4.69) is 47.4 Å². The minimum atomic E-state index is -0.0522. The predicted molar refractivity (Wildman–Crippen MR) is 101 cm³/mol. The van der Waals surface area contributed by atoms with Crippen LogP contribution in [0.1, 0.15) is 44.8 Å². The molecule has 1 aliphatic heterocycles. The quantitative estimate of drug-likeness (QED) is 0.883. The molecule has 3 rings (SSSR count). The SMILES string of the molecule is CC(C)N(C)c1cccc(NC(=O)N2CCCC[C@H]2c2ccn[nH]2)c1. The van der Waals surface area contributed by atoms with Crippen LogP contribution in [0.2, 0.25) is 0 Å². The lowest BCUT2D eigenvalue weighted by Gasteiger charge is -2.35. The predicted octanol–water partition coefficient (Wildman–Crippen LogP) is 4.01. The van der Waals surface area contributed by atoms with Crippen molar-refractivity contribution in [2.24, 2.45) is 0 Å². The highest BCUT2D eigenvalue weighted by atomic mass is 16.2. The summed E-state index contributed by atoms with van der Waals surface area (Å²) in [7, 11) is 2.06. The maximum Gasteiger partial charge on any atom is 0.322 e. The van der Waals surface area contributed by atoms with Crippen LogP contribution >= 0.6 is 0 Å². The molecule has 6 heteroatoms. The van der Waals surface area contributed by atoms with Gasteiger partial charge >= 0.3 is 6.03 Å². The largest absolute Gasteiger partial charge is 0.372 e. The van der Waals surface area contributed by atoms with Gasteiger partial charge in [0.15, 0.2) is 0 Å². The third kappa shape index (κ3) is 3.95. The van der Waals surface area contributed by atoms with Crippen molar-refractivity contribution in [2.45, 2.75) is 45.2 Å². The normalized spacial score (nSPS) is 17.6. The number of aromatic nitrogens is 2. The minimum Gasteiger partial charge on any atom is -0.372 e. The van der Waals surface area contributed by atoms with Crippen LogP contribution in [-0.2, 0) is 0 Å². The maximum atomic E-state index is 12.9. The van der Waals surface area contributed by atoms with Crippen molar-refractivity contribution in [1.29, 1.82) is 0 Å². The molecule has 1 saturated heterocycles. The molecule has 1 aromatic carbocycles. The van der Waals surface area contributed by atoms with E-state index in [9.17, 15) is 4.79 Å². The molecule has 2 N–H and O–H groups in total. The smallest absolute Gasteiger partial charge is 0.322 e. The summed E-state index contributed by atoms with van der Waals surface area (Å²) in [6.07, 6.45) is 4.87. The number of carbonyl (C=O) groups is 1. The highest BCUT2D eigenvalue weighted by Crippen LogP contribution is 2.30. The van der Waals surface area contributed by atoms with Gasteiger partial charge in [-0.1, -0.05) is 6.07 Å². The fraction of sp³-hybridized carbons (Fsp3) is 0.474. The van der Waals surface area contributed by atoms with Crippen LogP contribution < -0.4 is 10.2 Å². The topological polar surface area (TPSA) is 64.3 Å². The van der Waals surface area contributed by atoms with E-state index in [4.69, 9.17) is 0 Å². The van der Waals surface area contributed by atoms with E-state index < -0.39 is 0 Å². The van der Waals surface area contributed by atoms with Gasteiger partial charge in [-0.2, -0.15) is 5.10 Å². The Labute approximate surface area is 149 Å². The molecule has 0 bridgehead atoms. The number of amides is 2. The van der Waals surface area contributed by atoms with Gasteiger partial charge in [0, 0.05) is 37.2 Å². The molecule has 1 atom stereocenters. The summed E-state index contributed by atoms with van der Waals surface area (Å²) in [5, 5.41) is 10.1. The molecule has 2 heterocycles. The van der Waals surface area contributed by atoms with Gasteiger partial charge in [-0.3, -0.25) is 5.10 Å². The Bertz CT molecular complexity index is 698. The van der Waals surface area contributed by atoms with E-state index in [0.29, 0.717) is 6.04 Å². The second-order valence-electron chi connectivity index (χ2n) is 6.90. The summed E-state index contributed by atoms with van der Waals surface area (Å²) in [6, 6.07) is 10.4. The zero-order valence-corrected chi connectivity index (χ0v) is 15.2. The summed E-state index contributed by atoms with van der Waals surface area (Å²) < 4.78 is 0. The van der Waals surface area contributed by atoms with Crippen LogP contribution in [-0.4, -0.2) is 40.8 Å². The van der Waals surface area contributed by atoms with Gasteiger partial charge in [0.25, 0.3) is 0 Å². The second kappa shape index (κ2) is 7.59. The molecule has 0 spiro atoms. The van der Waals surface area contributed by atoms with Crippen LogP contribution in [0, 0.1) is 0 Å². The number of aromatic amines is 1. The van der Waals surface area contributed by atoms with Crippen molar-refractivity contribution in [3.8, 4) is 0 Å². The number of hydrogen-bond donors (Lipinski definition) is 2. The number of likely N-dealkylation sites (tertiary alicyclic amines) is 1. The van der Waals surface area contributed by atoms with Crippen LogP contribution in [0.5, 0.6) is 0 Å². The van der Waals surface area contributed by atoms with Crippen molar-refractivity contribution < 1.29 is 4.79 Å². The van der Waals surface area contributed by atoms with E-state index in [1.807, 2.05) is 29.2 Å². The van der Waals surface area contributed by atoms with Crippen molar-refractivity contribution >= 4 is 17.4 Å². The van der Waals surface area contributed by atoms with Crippen molar-refractivity contribution in [3.63, 3.8) is 0 Å². The van der Waals surface area contributed by atoms with E-state index in [-0.39, 0.29) is 12.1 Å². The van der Waals surface area contributed by atoms with Crippen LogP contribution in [0.4, 0.5) is 16.2 Å². The van der Waals surface area contributed by atoms with Gasteiger partial charge in [0.1, 0.15) is 0 Å². The molecule has 2 amide bonds. The maximum absolute atomic E-state index is 12.9. The summed E-state index contributed by atoms with van der Waals surface area (Å²) in [5.74, 6) is 0. The molecule has 2 aromatic rings. The van der Waals surface area contributed by atoms with Crippen LogP contribution in [0.3, 0.4) is 0 Å². The highest BCUT2D eigenvalue weighted by Gasteiger charge is 2.29. The van der Waals surface area contributed by atoms with Gasteiger partial charge in [-0.15, -0.1) is 0 Å². The zero-order chi connectivity index (χ0) is 17.8. The Balaban J connectivity index is 1.74.